The van der Waals surface area contributed by atoms with E-state index in [9.17, 15) is 14.0 Å². The fourth-order valence-corrected chi connectivity index (χ4v) is 2.52. The van der Waals surface area contributed by atoms with Crippen molar-refractivity contribution in [2.24, 2.45) is 0 Å². The molecule has 3 rings (SSSR count). The van der Waals surface area contributed by atoms with Gasteiger partial charge in [-0.1, -0.05) is 12.1 Å². The van der Waals surface area contributed by atoms with Crippen LogP contribution in [0, 0.1) is 12.7 Å². The minimum absolute atomic E-state index is 0.179. The Morgan fingerprint density at radius 2 is 1.96 bits per heavy atom. The van der Waals surface area contributed by atoms with Gasteiger partial charge in [0.05, 0.1) is 6.54 Å². The molecule has 5 nitrogen and oxygen atoms in total. The third-order valence-corrected chi connectivity index (χ3v) is 3.66. The first-order valence-corrected chi connectivity index (χ1v) is 7.70. The van der Waals surface area contributed by atoms with Gasteiger partial charge >= 0.3 is 0 Å². The van der Waals surface area contributed by atoms with Crippen molar-refractivity contribution < 1.29 is 9.18 Å². The van der Waals surface area contributed by atoms with Crippen LogP contribution in [0.4, 0.5) is 10.1 Å². The molecule has 25 heavy (non-hydrogen) atoms. The maximum Gasteiger partial charge on any atom is 0.274 e. The molecule has 0 saturated carbocycles. The van der Waals surface area contributed by atoms with Crippen molar-refractivity contribution in [3.8, 4) is 0 Å². The summed E-state index contributed by atoms with van der Waals surface area (Å²) in [5.41, 5.74) is 1.71. The van der Waals surface area contributed by atoms with E-state index >= 15 is 0 Å². The van der Waals surface area contributed by atoms with Crippen molar-refractivity contribution in [2.75, 3.05) is 5.32 Å². The number of rotatable bonds is 4. The van der Waals surface area contributed by atoms with E-state index in [0.717, 1.165) is 5.56 Å². The Kier molecular flexibility index (Phi) is 4.70. The third kappa shape index (κ3) is 3.98. The lowest BCUT2D eigenvalue weighted by molar-refractivity contribution is 0.102. The minimum atomic E-state index is -0.387. The topological polar surface area (TPSA) is 64.0 Å². The zero-order chi connectivity index (χ0) is 17.8. The van der Waals surface area contributed by atoms with E-state index in [1.807, 2.05) is 6.92 Å². The van der Waals surface area contributed by atoms with Gasteiger partial charge in [0.15, 0.2) is 0 Å². The highest BCUT2D eigenvalue weighted by atomic mass is 19.1. The first-order chi connectivity index (χ1) is 12.0. The van der Waals surface area contributed by atoms with Crippen molar-refractivity contribution in [1.29, 1.82) is 0 Å². The molecule has 0 fully saturated rings. The molecule has 0 saturated heterocycles. The Morgan fingerprint density at radius 3 is 2.68 bits per heavy atom. The third-order valence-electron chi connectivity index (χ3n) is 3.66. The number of carbonyl (C=O) groups excluding carboxylic acids is 1. The van der Waals surface area contributed by atoms with Crippen molar-refractivity contribution in [3.05, 3.63) is 93.9 Å². The molecule has 0 spiro atoms. The molecule has 1 aromatic carbocycles. The largest absolute Gasteiger partial charge is 0.317 e. The van der Waals surface area contributed by atoms with Crippen LogP contribution in [0.15, 0.2) is 65.8 Å². The number of amides is 1. The summed E-state index contributed by atoms with van der Waals surface area (Å²) in [5.74, 6) is -0.744. The quantitative estimate of drug-likeness (QED) is 0.796. The number of nitrogens with one attached hydrogen (secondary N) is 1. The molecule has 1 N–H and O–H groups in total. The van der Waals surface area contributed by atoms with Crippen LogP contribution >= 0.6 is 0 Å². The average molecular weight is 337 g/mol. The normalized spacial score (nSPS) is 10.5. The minimum Gasteiger partial charge on any atom is -0.317 e. The van der Waals surface area contributed by atoms with E-state index in [-0.39, 0.29) is 29.5 Å². The van der Waals surface area contributed by atoms with Gasteiger partial charge in [-0.3, -0.25) is 14.6 Å². The van der Waals surface area contributed by atoms with Crippen LogP contribution in [0.5, 0.6) is 0 Å². The number of pyridine rings is 2. The van der Waals surface area contributed by atoms with Crippen LogP contribution in [0.2, 0.25) is 0 Å². The molecule has 0 aliphatic heterocycles. The number of aryl methyl sites for hydroxylation is 1. The Morgan fingerprint density at radius 1 is 1.20 bits per heavy atom. The number of nitrogens with zero attached hydrogens (tertiary/aromatic N) is 2. The summed E-state index contributed by atoms with van der Waals surface area (Å²) in [5, 5.41) is 2.63. The molecule has 0 radical (unpaired) electrons. The average Bonchev–Trinajstić information content (AvgIpc) is 2.60. The monoisotopic (exact) mass is 337 g/mol. The Hall–Kier alpha value is -3.28. The molecule has 1 amide bonds. The van der Waals surface area contributed by atoms with E-state index in [2.05, 4.69) is 10.3 Å². The van der Waals surface area contributed by atoms with Crippen molar-refractivity contribution in [3.63, 3.8) is 0 Å². The van der Waals surface area contributed by atoms with E-state index in [1.54, 1.807) is 36.5 Å². The summed E-state index contributed by atoms with van der Waals surface area (Å²) in [7, 11) is 0. The summed E-state index contributed by atoms with van der Waals surface area (Å²) in [4.78, 5) is 28.7. The number of benzene rings is 1. The van der Waals surface area contributed by atoms with Crippen LogP contribution in [-0.2, 0) is 6.54 Å². The van der Waals surface area contributed by atoms with E-state index in [1.165, 1.54) is 29.1 Å². The van der Waals surface area contributed by atoms with Crippen LogP contribution in [0.1, 0.15) is 21.5 Å². The zero-order valence-electron chi connectivity index (χ0n) is 13.6. The molecule has 126 valence electrons. The molecular formula is C19H16FN3O2. The number of halogens is 1. The fourth-order valence-electron chi connectivity index (χ4n) is 2.52. The highest BCUT2D eigenvalue weighted by Gasteiger charge is 2.11. The first kappa shape index (κ1) is 16.6. The standard InChI is InChI=1S/C19H16FN3O2/c1-13-9-17(22-18(24)15-5-7-21-8-6-15)19(25)23(11-13)12-14-3-2-4-16(20)10-14/h2-11H,12H2,1H3,(H,22,24). The molecule has 2 aromatic heterocycles. The lowest BCUT2D eigenvalue weighted by atomic mass is 10.2. The highest BCUT2D eigenvalue weighted by molar-refractivity contribution is 6.04. The van der Waals surface area contributed by atoms with Crippen molar-refractivity contribution in [1.82, 2.24) is 9.55 Å². The molecule has 0 aliphatic rings. The van der Waals surface area contributed by atoms with Crippen LogP contribution < -0.4 is 10.9 Å². The second-order valence-electron chi connectivity index (χ2n) is 5.68. The van der Waals surface area contributed by atoms with Gasteiger partial charge < -0.3 is 9.88 Å². The van der Waals surface area contributed by atoms with Gasteiger partial charge in [-0.15, -0.1) is 0 Å². The summed E-state index contributed by atoms with van der Waals surface area (Å²) >= 11 is 0. The lowest BCUT2D eigenvalue weighted by Crippen LogP contribution is -2.26. The number of hydrogen-bond acceptors (Lipinski definition) is 3. The highest BCUT2D eigenvalue weighted by Crippen LogP contribution is 2.10. The predicted octanol–water partition coefficient (Wildman–Crippen LogP) is 2.99. The van der Waals surface area contributed by atoms with Crippen LogP contribution in [0.25, 0.3) is 0 Å². The van der Waals surface area contributed by atoms with Gasteiger partial charge in [0.2, 0.25) is 0 Å². The van der Waals surface area contributed by atoms with Crippen LogP contribution in [-0.4, -0.2) is 15.5 Å². The zero-order valence-corrected chi connectivity index (χ0v) is 13.6. The van der Waals surface area contributed by atoms with E-state index in [4.69, 9.17) is 0 Å². The smallest absolute Gasteiger partial charge is 0.274 e. The summed E-state index contributed by atoms with van der Waals surface area (Å²) < 4.78 is 14.8. The van der Waals surface area contributed by atoms with Gasteiger partial charge in [0, 0.05) is 24.2 Å². The number of hydrogen-bond donors (Lipinski definition) is 1. The van der Waals surface area contributed by atoms with Crippen molar-refractivity contribution in [2.45, 2.75) is 13.5 Å². The Bertz CT molecular complexity index is 968. The van der Waals surface area contributed by atoms with E-state index in [0.29, 0.717) is 11.1 Å². The fraction of sp³-hybridized carbons (Fsp3) is 0.105. The number of carbonyl (C=O) groups is 1. The second kappa shape index (κ2) is 7.09. The summed E-state index contributed by atoms with van der Waals surface area (Å²) in [6.45, 7) is 2.04. The van der Waals surface area contributed by atoms with Gasteiger partial charge in [-0.2, -0.15) is 0 Å². The molecule has 0 bridgehead atoms. The van der Waals surface area contributed by atoms with Gasteiger partial charge in [0.1, 0.15) is 11.5 Å². The Labute approximate surface area is 143 Å². The summed E-state index contributed by atoms with van der Waals surface area (Å²) in [6, 6.07) is 10.8. The predicted molar refractivity (Wildman–Crippen MR) is 93.1 cm³/mol. The molecular weight excluding hydrogens is 321 g/mol. The molecule has 0 aliphatic carbocycles. The number of anilines is 1. The van der Waals surface area contributed by atoms with Gasteiger partial charge in [0.25, 0.3) is 11.5 Å². The molecule has 3 aromatic rings. The van der Waals surface area contributed by atoms with Gasteiger partial charge in [-0.05, 0) is 48.4 Å². The van der Waals surface area contributed by atoms with Crippen LogP contribution in [0.3, 0.4) is 0 Å². The maximum atomic E-state index is 13.3. The SMILES string of the molecule is Cc1cc(NC(=O)c2ccncc2)c(=O)n(Cc2cccc(F)c2)c1. The maximum absolute atomic E-state index is 13.3. The first-order valence-electron chi connectivity index (χ1n) is 7.70. The second-order valence-corrected chi connectivity index (χ2v) is 5.68. The lowest BCUT2D eigenvalue weighted by Gasteiger charge is -2.11. The molecule has 6 heteroatoms. The Balaban J connectivity index is 1.90. The molecule has 0 atom stereocenters. The number of aromatic nitrogens is 2. The molecule has 2 heterocycles. The molecule has 0 unspecified atom stereocenters. The summed E-state index contributed by atoms with van der Waals surface area (Å²) in [6.07, 6.45) is 4.69. The van der Waals surface area contributed by atoms with Crippen molar-refractivity contribution >= 4 is 11.6 Å². The van der Waals surface area contributed by atoms with E-state index < -0.39 is 0 Å². The van der Waals surface area contributed by atoms with Gasteiger partial charge in [-0.25, -0.2) is 4.39 Å².